The molecular weight excluding hydrogens is 408 g/mol. The second-order valence-corrected chi connectivity index (χ2v) is 7.33. The summed E-state index contributed by atoms with van der Waals surface area (Å²) >= 11 is 0. The van der Waals surface area contributed by atoms with Crippen molar-refractivity contribution in [3.63, 3.8) is 0 Å². The highest BCUT2D eigenvalue weighted by molar-refractivity contribution is 5.56. The molecule has 0 N–H and O–H groups in total. The minimum absolute atomic E-state index is 0.0162. The Hall–Kier alpha value is -2.73. The molecule has 1 aliphatic rings. The van der Waals surface area contributed by atoms with E-state index in [0.717, 1.165) is 18.2 Å². The van der Waals surface area contributed by atoms with Crippen molar-refractivity contribution in [1.29, 1.82) is 5.26 Å². The second-order valence-electron chi connectivity index (χ2n) is 7.33. The normalized spacial score (nSPS) is 17.7. The number of hydrogen-bond donors (Lipinski definition) is 0. The summed E-state index contributed by atoms with van der Waals surface area (Å²) in [6, 6.07) is 9.62. The van der Waals surface area contributed by atoms with E-state index in [4.69, 9.17) is 5.26 Å². The van der Waals surface area contributed by atoms with E-state index in [1.54, 1.807) is 4.90 Å². The Bertz CT molecular complexity index is 945. The van der Waals surface area contributed by atoms with Gasteiger partial charge in [-0.1, -0.05) is 18.2 Å². The highest BCUT2D eigenvalue weighted by Crippen LogP contribution is 2.37. The van der Waals surface area contributed by atoms with Crippen LogP contribution in [0.5, 0.6) is 0 Å². The summed E-state index contributed by atoms with van der Waals surface area (Å²) in [6.07, 6.45) is -8.72. The Morgan fingerprint density at radius 3 is 2.27 bits per heavy atom. The fourth-order valence-corrected chi connectivity index (χ4v) is 3.76. The van der Waals surface area contributed by atoms with Crippen LogP contribution in [0, 0.1) is 11.3 Å². The van der Waals surface area contributed by atoms with Gasteiger partial charge < -0.3 is 9.80 Å². The van der Waals surface area contributed by atoms with Crippen LogP contribution < -0.4 is 4.90 Å². The number of likely N-dealkylation sites (N-methyl/N-ethyl adjacent to an activating group) is 1. The molecule has 0 saturated carbocycles. The SMILES string of the molecule is CN1CCC(N(Cc2ccccc2C(F)(F)F)c2ccc(C#N)c(C(F)(F)F)c2)C1. The quantitative estimate of drug-likeness (QED) is 0.620. The van der Waals surface area contributed by atoms with Gasteiger partial charge in [-0.3, -0.25) is 0 Å². The third kappa shape index (κ3) is 4.70. The largest absolute Gasteiger partial charge is 0.417 e. The Kier molecular flexibility index (Phi) is 5.99. The number of anilines is 1. The van der Waals surface area contributed by atoms with Crippen LogP contribution in [-0.2, 0) is 18.9 Å². The predicted molar refractivity (Wildman–Crippen MR) is 99.7 cm³/mol. The van der Waals surface area contributed by atoms with Gasteiger partial charge in [-0.15, -0.1) is 0 Å². The maximum atomic E-state index is 13.4. The highest BCUT2D eigenvalue weighted by atomic mass is 19.4. The first kappa shape index (κ1) is 22.0. The molecule has 1 unspecified atom stereocenters. The lowest BCUT2D eigenvalue weighted by atomic mass is 10.0. The lowest BCUT2D eigenvalue weighted by Gasteiger charge is -2.33. The summed E-state index contributed by atoms with van der Waals surface area (Å²) in [6.45, 7) is 0.997. The summed E-state index contributed by atoms with van der Waals surface area (Å²) in [4.78, 5) is 3.55. The molecule has 2 aromatic carbocycles. The van der Waals surface area contributed by atoms with Crippen molar-refractivity contribution >= 4 is 5.69 Å². The zero-order valence-corrected chi connectivity index (χ0v) is 16.1. The van der Waals surface area contributed by atoms with Gasteiger partial charge in [-0.2, -0.15) is 31.6 Å². The number of nitriles is 1. The van der Waals surface area contributed by atoms with Gasteiger partial charge in [0.05, 0.1) is 22.8 Å². The zero-order chi connectivity index (χ0) is 22.1. The molecule has 1 aliphatic heterocycles. The van der Waals surface area contributed by atoms with Crippen LogP contribution in [0.15, 0.2) is 42.5 Å². The molecule has 2 aromatic rings. The zero-order valence-electron chi connectivity index (χ0n) is 16.1. The van der Waals surface area contributed by atoms with E-state index in [1.807, 2.05) is 11.9 Å². The molecule has 0 aromatic heterocycles. The fraction of sp³-hybridized carbons (Fsp3) is 0.381. The van der Waals surface area contributed by atoms with Crippen molar-refractivity contribution in [2.24, 2.45) is 0 Å². The van der Waals surface area contributed by atoms with Gasteiger partial charge in [0.1, 0.15) is 0 Å². The second kappa shape index (κ2) is 8.19. The molecular formula is C21H19F6N3. The van der Waals surface area contributed by atoms with E-state index in [1.165, 1.54) is 30.3 Å². The summed E-state index contributed by atoms with van der Waals surface area (Å²) in [5.74, 6) is 0. The fourth-order valence-electron chi connectivity index (χ4n) is 3.76. The van der Waals surface area contributed by atoms with Crippen molar-refractivity contribution in [3.05, 3.63) is 64.7 Å². The molecule has 160 valence electrons. The van der Waals surface area contributed by atoms with Gasteiger partial charge in [0.15, 0.2) is 0 Å². The highest BCUT2D eigenvalue weighted by Gasteiger charge is 2.37. The Morgan fingerprint density at radius 1 is 1.03 bits per heavy atom. The Morgan fingerprint density at radius 2 is 1.70 bits per heavy atom. The average Bonchev–Trinajstić information content (AvgIpc) is 3.10. The van der Waals surface area contributed by atoms with Crippen LogP contribution in [0.2, 0.25) is 0 Å². The van der Waals surface area contributed by atoms with Crippen molar-refractivity contribution in [1.82, 2.24) is 4.90 Å². The number of likely N-dealkylation sites (tertiary alicyclic amines) is 1. The molecule has 0 amide bonds. The minimum atomic E-state index is -4.75. The van der Waals surface area contributed by atoms with Gasteiger partial charge in [-0.05, 0) is 49.8 Å². The molecule has 30 heavy (non-hydrogen) atoms. The van der Waals surface area contributed by atoms with E-state index >= 15 is 0 Å². The van der Waals surface area contributed by atoms with E-state index < -0.39 is 29.0 Å². The first-order valence-corrected chi connectivity index (χ1v) is 9.22. The molecule has 0 aliphatic carbocycles. The molecule has 3 nitrogen and oxygen atoms in total. The number of nitrogens with zero attached hydrogens (tertiary/aromatic N) is 3. The molecule has 1 fully saturated rings. The van der Waals surface area contributed by atoms with E-state index in [2.05, 4.69) is 0 Å². The van der Waals surface area contributed by atoms with Crippen LogP contribution >= 0.6 is 0 Å². The lowest BCUT2D eigenvalue weighted by molar-refractivity contribution is -0.138. The first-order chi connectivity index (χ1) is 14.0. The van der Waals surface area contributed by atoms with Crippen LogP contribution in [0.25, 0.3) is 0 Å². The third-order valence-electron chi connectivity index (χ3n) is 5.23. The Labute approximate surface area is 170 Å². The summed E-state index contributed by atoms with van der Waals surface area (Å²) in [7, 11) is 1.85. The van der Waals surface area contributed by atoms with Crippen LogP contribution in [-0.4, -0.2) is 31.1 Å². The number of hydrogen-bond acceptors (Lipinski definition) is 3. The topological polar surface area (TPSA) is 30.3 Å². The van der Waals surface area contributed by atoms with Crippen LogP contribution in [0.1, 0.15) is 28.7 Å². The molecule has 1 saturated heterocycles. The van der Waals surface area contributed by atoms with Crippen molar-refractivity contribution in [2.75, 3.05) is 25.0 Å². The number of halogens is 6. The van der Waals surface area contributed by atoms with Crippen LogP contribution in [0.3, 0.4) is 0 Å². The summed E-state index contributed by atoms with van der Waals surface area (Å²) < 4.78 is 80.7. The number of alkyl halides is 6. The molecule has 9 heteroatoms. The molecule has 3 rings (SSSR count). The van der Waals surface area contributed by atoms with Gasteiger partial charge in [0, 0.05) is 24.8 Å². The number of rotatable bonds is 4. The first-order valence-electron chi connectivity index (χ1n) is 9.22. The van der Waals surface area contributed by atoms with Crippen molar-refractivity contribution in [2.45, 2.75) is 31.4 Å². The lowest BCUT2D eigenvalue weighted by Crippen LogP contribution is -2.37. The standard InChI is InChI=1S/C21H19F6N3/c1-29-9-8-17(13-29)30(12-15-4-2-3-5-18(15)20(22,23)24)16-7-6-14(11-28)19(10-16)21(25,26)27/h2-7,10,17H,8-9,12-13H2,1H3. The van der Waals surface area contributed by atoms with Crippen molar-refractivity contribution < 1.29 is 26.3 Å². The predicted octanol–water partition coefficient (Wildman–Crippen LogP) is 5.31. The Balaban J connectivity index is 2.07. The van der Waals surface area contributed by atoms with Gasteiger partial charge in [0.2, 0.25) is 0 Å². The van der Waals surface area contributed by atoms with Crippen molar-refractivity contribution in [3.8, 4) is 6.07 Å². The molecule has 0 bridgehead atoms. The summed E-state index contributed by atoms with van der Waals surface area (Å²) in [5, 5.41) is 9.02. The van der Waals surface area contributed by atoms with E-state index in [-0.39, 0.29) is 23.8 Å². The minimum Gasteiger partial charge on any atom is -0.363 e. The monoisotopic (exact) mass is 427 g/mol. The van der Waals surface area contributed by atoms with E-state index in [9.17, 15) is 26.3 Å². The van der Waals surface area contributed by atoms with Gasteiger partial charge >= 0.3 is 12.4 Å². The average molecular weight is 427 g/mol. The maximum Gasteiger partial charge on any atom is 0.417 e. The number of benzene rings is 2. The summed E-state index contributed by atoms with van der Waals surface area (Å²) in [5.41, 5.74) is -2.31. The molecule has 1 atom stereocenters. The van der Waals surface area contributed by atoms with Crippen LogP contribution in [0.4, 0.5) is 32.0 Å². The molecule has 0 radical (unpaired) electrons. The smallest absolute Gasteiger partial charge is 0.363 e. The molecule has 0 spiro atoms. The third-order valence-corrected chi connectivity index (χ3v) is 5.23. The van der Waals surface area contributed by atoms with Gasteiger partial charge in [-0.25, -0.2) is 0 Å². The van der Waals surface area contributed by atoms with Gasteiger partial charge in [0.25, 0.3) is 0 Å². The molecule has 1 heterocycles. The van der Waals surface area contributed by atoms with E-state index in [0.29, 0.717) is 19.5 Å². The maximum absolute atomic E-state index is 13.4.